The molecule has 0 atom stereocenters. The number of hydrogen-bond donors (Lipinski definition) is 4. The number of anilines is 4. The zero-order valence-electron chi connectivity index (χ0n) is 37.4. The highest BCUT2D eigenvalue weighted by atomic mass is 35.5. The van der Waals surface area contributed by atoms with E-state index in [1.54, 1.807) is 79.1 Å². The highest BCUT2D eigenvalue weighted by Crippen LogP contribution is 2.32. The normalized spacial score (nSPS) is 13.8. The highest BCUT2D eigenvalue weighted by Gasteiger charge is 2.31. The molecule has 2 aromatic heterocycles. The lowest BCUT2D eigenvalue weighted by Gasteiger charge is -2.28. The second-order valence-corrected chi connectivity index (χ2v) is 16.7. The van der Waals surface area contributed by atoms with E-state index in [1.165, 1.54) is 24.3 Å². The lowest BCUT2D eigenvalue weighted by molar-refractivity contribution is -0.137. The van der Waals surface area contributed by atoms with Gasteiger partial charge in [-0.25, -0.2) is 18.7 Å². The van der Waals surface area contributed by atoms with Crippen LogP contribution in [0, 0.1) is 11.6 Å². The molecule has 2 fully saturated rings. The van der Waals surface area contributed by atoms with Gasteiger partial charge in [0.15, 0.2) is 0 Å². The van der Waals surface area contributed by atoms with Gasteiger partial charge in [-0.15, -0.1) is 0 Å². The van der Waals surface area contributed by atoms with Crippen molar-refractivity contribution in [2.24, 2.45) is 0 Å². The Morgan fingerprint density at radius 3 is 1.48 bits per heavy atom. The van der Waals surface area contributed by atoms with Crippen molar-refractivity contribution in [3.8, 4) is 23.0 Å². The Hall–Kier alpha value is -8.00. The number of hydrogen-bond acceptors (Lipinski definition) is 12. The molecule has 0 radical (unpaired) electrons. The molecule has 20 heteroatoms. The number of nitrogens with one attached hydrogen (secondary N) is 4. The molecular weight excluding hydrogens is 947 g/mol. The average Bonchev–Trinajstić information content (AvgIpc) is 3.36. The number of carbonyl (C=O) groups excluding carboxylic acids is 2. The molecule has 0 saturated carbocycles. The Balaban J connectivity index is 0.000000176. The van der Waals surface area contributed by atoms with Gasteiger partial charge in [-0.05, 0) is 72.8 Å². The molecular formula is C51H42ClF5N10O4. The van der Waals surface area contributed by atoms with Crippen molar-refractivity contribution in [2.75, 3.05) is 72.8 Å². The first-order valence-electron chi connectivity index (χ1n) is 22.3. The molecule has 8 aromatic rings. The minimum absolute atomic E-state index is 0.0268. The topological polar surface area (TPSA) is 159 Å². The zero-order chi connectivity index (χ0) is 49.5. The molecule has 0 aliphatic carbocycles. The molecule has 2 aliphatic rings. The largest absolute Gasteiger partial charge is 0.457 e. The number of nitrogens with zero attached hydrogens (tertiary/aromatic N) is 6. The molecule has 6 aromatic carbocycles. The second-order valence-electron chi connectivity index (χ2n) is 16.3. The van der Waals surface area contributed by atoms with Gasteiger partial charge in [0.05, 0.1) is 40.0 Å². The van der Waals surface area contributed by atoms with Crippen molar-refractivity contribution in [1.82, 2.24) is 30.6 Å². The highest BCUT2D eigenvalue weighted by molar-refractivity contribution is 6.31. The maximum Gasteiger partial charge on any atom is 0.416 e. The van der Waals surface area contributed by atoms with Crippen LogP contribution in [0.3, 0.4) is 0 Å². The summed E-state index contributed by atoms with van der Waals surface area (Å²) in [5.41, 5.74) is 2.17. The van der Waals surface area contributed by atoms with E-state index in [4.69, 9.17) is 26.1 Å². The van der Waals surface area contributed by atoms with Crippen molar-refractivity contribution in [3.63, 3.8) is 0 Å². The average molecular weight is 989 g/mol. The van der Waals surface area contributed by atoms with Crippen molar-refractivity contribution in [3.05, 3.63) is 167 Å². The Morgan fingerprint density at radius 2 is 1.01 bits per heavy atom. The van der Waals surface area contributed by atoms with E-state index < -0.39 is 35.2 Å². The van der Waals surface area contributed by atoms with Gasteiger partial charge in [0.25, 0.3) is 11.8 Å². The van der Waals surface area contributed by atoms with E-state index in [-0.39, 0.29) is 28.4 Å². The summed E-state index contributed by atoms with van der Waals surface area (Å²) in [7, 11) is 0. The number of halogens is 6. The summed E-state index contributed by atoms with van der Waals surface area (Å²) in [5.74, 6) is 0.289. The Kier molecular flexibility index (Phi) is 14.4. The van der Waals surface area contributed by atoms with Crippen molar-refractivity contribution < 1.29 is 41.0 Å². The summed E-state index contributed by atoms with van der Waals surface area (Å²) < 4.78 is 79.2. The number of rotatable bonds is 10. The van der Waals surface area contributed by atoms with Crippen LogP contribution in [0.15, 0.2) is 134 Å². The van der Waals surface area contributed by atoms with Gasteiger partial charge in [-0.3, -0.25) is 19.6 Å². The third-order valence-electron chi connectivity index (χ3n) is 11.2. The van der Waals surface area contributed by atoms with Gasteiger partial charge in [-0.2, -0.15) is 13.2 Å². The van der Waals surface area contributed by atoms with E-state index in [0.29, 0.717) is 38.6 Å². The van der Waals surface area contributed by atoms with Crippen LogP contribution in [-0.2, 0) is 6.18 Å². The van der Waals surface area contributed by atoms with E-state index in [2.05, 4.69) is 46.0 Å². The van der Waals surface area contributed by atoms with Crippen LogP contribution >= 0.6 is 11.6 Å². The van der Waals surface area contributed by atoms with Crippen molar-refractivity contribution >= 4 is 68.5 Å². The van der Waals surface area contributed by atoms with Crippen LogP contribution in [0.2, 0.25) is 5.02 Å². The molecule has 0 bridgehead atoms. The zero-order valence-corrected chi connectivity index (χ0v) is 38.2. The lowest BCUT2D eigenvalue weighted by atomic mass is 10.1. The van der Waals surface area contributed by atoms with E-state index in [9.17, 15) is 31.5 Å². The van der Waals surface area contributed by atoms with Gasteiger partial charge >= 0.3 is 6.18 Å². The molecule has 0 unspecified atom stereocenters. The molecule has 362 valence electrons. The summed E-state index contributed by atoms with van der Waals surface area (Å²) in [5, 5.41) is 12.1. The molecule has 4 N–H and O–H groups in total. The minimum atomic E-state index is -4.59. The predicted molar refractivity (Wildman–Crippen MR) is 261 cm³/mol. The van der Waals surface area contributed by atoms with Crippen LogP contribution in [0.1, 0.15) is 26.3 Å². The van der Waals surface area contributed by atoms with Gasteiger partial charge in [0, 0.05) is 116 Å². The number of alkyl halides is 3. The Bertz CT molecular complexity index is 3250. The van der Waals surface area contributed by atoms with Crippen LogP contribution in [0.5, 0.6) is 23.0 Å². The SMILES string of the molecule is O=C(Nc1cc(F)cc(Oc2ccc3ncc(N4CCNCC4)nc3c2)c1)c1cccc(C(F)(F)F)c1.O=C(Nc1cc(F)cc(Oc2ccc3ncc(N4CCNCC4)nc3c2)c1)c1cccc(Cl)c1. The van der Waals surface area contributed by atoms with E-state index in [1.807, 2.05) is 0 Å². The summed E-state index contributed by atoms with van der Waals surface area (Å²) in [4.78, 5) is 47.7. The van der Waals surface area contributed by atoms with Crippen LogP contribution < -0.4 is 40.5 Å². The summed E-state index contributed by atoms with van der Waals surface area (Å²) in [6.07, 6.45) is -1.10. The summed E-state index contributed by atoms with van der Waals surface area (Å²) in [6.45, 7) is 6.87. The minimum Gasteiger partial charge on any atom is -0.457 e. The fourth-order valence-electron chi connectivity index (χ4n) is 7.72. The van der Waals surface area contributed by atoms with Gasteiger partial charge in [0.2, 0.25) is 0 Å². The second kappa shape index (κ2) is 21.3. The smallest absolute Gasteiger partial charge is 0.416 e. The fraction of sp³-hybridized carbons (Fsp3) is 0.176. The molecule has 71 heavy (non-hydrogen) atoms. The first-order valence-corrected chi connectivity index (χ1v) is 22.6. The van der Waals surface area contributed by atoms with Gasteiger partial charge in [-0.1, -0.05) is 23.7 Å². The number of piperazine rings is 2. The quantitative estimate of drug-likeness (QED) is 0.0963. The van der Waals surface area contributed by atoms with E-state index >= 15 is 0 Å². The number of fused-ring (bicyclic) bond motifs is 2. The molecule has 0 spiro atoms. The maximum absolute atomic E-state index is 14.3. The maximum atomic E-state index is 14.3. The lowest BCUT2D eigenvalue weighted by Crippen LogP contribution is -2.43. The molecule has 2 saturated heterocycles. The number of amides is 2. The molecule has 14 nitrogen and oxygen atoms in total. The molecule has 4 heterocycles. The predicted octanol–water partition coefficient (Wildman–Crippen LogP) is 10.1. The third-order valence-corrected chi connectivity index (χ3v) is 11.4. The fourth-order valence-corrected chi connectivity index (χ4v) is 7.91. The third kappa shape index (κ3) is 12.4. The summed E-state index contributed by atoms with van der Waals surface area (Å²) >= 11 is 5.95. The molecule has 2 amide bonds. The number of carbonyl (C=O) groups is 2. The van der Waals surface area contributed by atoms with Crippen molar-refractivity contribution in [1.29, 1.82) is 0 Å². The van der Waals surface area contributed by atoms with Gasteiger partial charge in [0.1, 0.15) is 46.3 Å². The number of aromatic nitrogens is 4. The standard InChI is InChI=1S/C26H21F4N5O2.C25H21ClFN5O2/c27-18-11-19(33-25(36)16-2-1-3-17(10-16)26(28,29)30)13-21(12-18)37-20-4-5-22-23(14-20)34-24(15-32-22)35-8-6-31-7-9-35;26-17-3-1-2-16(10-17)25(33)30-19-11-18(27)12-21(13-19)34-20-4-5-22-23(14-20)31-24(15-29-22)32-8-6-28-7-9-32/h1-5,10-15,31H,6-9H2,(H,33,36);1-5,10-15,28H,6-9H2,(H,30,33). The Morgan fingerprint density at radius 1 is 0.549 bits per heavy atom. The summed E-state index contributed by atoms with van der Waals surface area (Å²) in [6, 6.07) is 28.5. The number of benzene rings is 6. The van der Waals surface area contributed by atoms with Gasteiger partial charge < -0.3 is 40.5 Å². The number of ether oxygens (including phenoxy) is 2. The van der Waals surface area contributed by atoms with Crippen LogP contribution in [-0.4, -0.2) is 84.1 Å². The van der Waals surface area contributed by atoms with Crippen LogP contribution in [0.25, 0.3) is 22.1 Å². The van der Waals surface area contributed by atoms with Crippen LogP contribution in [0.4, 0.5) is 45.0 Å². The monoisotopic (exact) mass is 988 g/mol. The van der Waals surface area contributed by atoms with Crippen molar-refractivity contribution in [2.45, 2.75) is 6.18 Å². The molecule has 10 rings (SSSR count). The first kappa shape index (κ1) is 48.0. The van der Waals surface area contributed by atoms with E-state index in [0.717, 1.165) is 99.8 Å². The molecule has 2 aliphatic heterocycles. The first-order chi connectivity index (χ1) is 34.3. The Labute approximate surface area is 407 Å².